The standard InChI is InChI=1S/C17H26N2O2/c1-14(2)18(10-6-12-20)13-17(21)19-11-5-8-15-7-3-4-9-16(15)19/h3-4,7,9,14,20H,5-6,8,10-13H2,1-2H3. The average Bonchev–Trinajstić information content (AvgIpc) is 2.50. The third-order valence-corrected chi connectivity index (χ3v) is 4.08. The molecule has 0 radical (unpaired) electrons. The zero-order valence-corrected chi connectivity index (χ0v) is 13.1. The highest BCUT2D eigenvalue weighted by Crippen LogP contribution is 2.26. The van der Waals surface area contributed by atoms with Crippen LogP contribution in [0.1, 0.15) is 32.3 Å². The smallest absolute Gasteiger partial charge is 0.241 e. The molecule has 1 aromatic rings. The largest absolute Gasteiger partial charge is 0.396 e. The molecular formula is C17H26N2O2. The Morgan fingerprint density at radius 3 is 2.86 bits per heavy atom. The Bertz CT molecular complexity index is 474. The summed E-state index contributed by atoms with van der Waals surface area (Å²) in [5, 5.41) is 8.99. The number of fused-ring (bicyclic) bond motifs is 1. The number of rotatable bonds is 6. The molecule has 0 aliphatic carbocycles. The van der Waals surface area contributed by atoms with E-state index in [2.05, 4.69) is 24.8 Å². The molecule has 116 valence electrons. The van der Waals surface area contributed by atoms with Gasteiger partial charge in [0.05, 0.1) is 6.54 Å². The maximum Gasteiger partial charge on any atom is 0.241 e. The highest BCUT2D eigenvalue weighted by atomic mass is 16.3. The van der Waals surface area contributed by atoms with Crippen molar-refractivity contribution in [2.45, 2.75) is 39.2 Å². The van der Waals surface area contributed by atoms with Crippen molar-refractivity contribution >= 4 is 11.6 Å². The third kappa shape index (κ3) is 4.05. The van der Waals surface area contributed by atoms with E-state index < -0.39 is 0 Å². The SMILES string of the molecule is CC(C)N(CCCO)CC(=O)N1CCCc2ccccc21. The van der Waals surface area contributed by atoms with E-state index in [0.717, 1.165) is 31.6 Å². The number of carbonyl (C=O) groups excluding carboxylic acids is 1. The van der Waals surface area contributed by atoms with E-state index in [1.807, 2.05) is 23.1 Å². The van der Waals surface area contributed by atoms with Crippen LogP contribution in [0.4, 0.5) is 5.69 Å². The van der Waals surface area contributed by atoms with Crippen molar-refractivity contribution in [3.8, 4) is 0 Å². The molecule has 0 fully saturated rings. The summed E-state index contributed by atoms with van der Waals surface area (Å²) in [5.74, 6) is 0.161. The zero-order valence-electron chi connectivity index (χ0n) is 13.1. The van der Waals surface area contributed by atoms with Gasteiger partial charge in [0.2, 0.25) is 5.91 Å². The first-order valence-electron chi connectivity index (χ1n) is 7.86. The normalized spacial score (nSPS) is 14.6. The summed E-state index contributed by atoms with van der Waals surface area (Å²) >= 11 is 0. The number of anilines is 1. The molecular weight excluding hydrogens is 264 g/mol. The van der Waals surface area contributed by atoms with Crippen molar-refractivity contribution in [1.29, 1.82) is 0 Å². The van der Waals surface area contributed by atoms with Gasteiger partial charge in [-0.25, -0.2) is 0 Å². The first-order valence-corrected chi connectivity index (χ1v) is 7.86. The maximum absolute atomic E-state index is 12.7. The fraction of sp³-hybridized carbons (Fsp3) is 0.588. The Balaban J connectivity index is 2.06. The molecule has 0 aromatic heterocycles. The summed E-state index contributed by atoms with van der Waals surface area (Å²) in [7, 11) is 0. The number of hydrogen-bond acceptors (Lipinski definition) is 3. The van der Waals surface area contributed by atoms with E-state index in [0.29, 0.717) is 19.0 Å². The second-order valence-corrected chi connectivity index (χ2v) is 5.92. The number of aliphatic hydroxyl groups excluding tert-OH is 1. The summed E-state index contributed by atoms with van der Waals surface area (Å²) in [4.78, 5) is 16.7. The number of benzene rings is 1. The van der Waals surface area contributed by atoms with Crippen LogP contribution in [0.25, 0.3) is 0 Å². The van der Waals surface area contributed by atoms with Crippen LogP contribution >= 0.6 is 0 Å². The molecule has 1 N–H and O–H groups in total. The van der Waals surface area contributed by atoms with Crippen molar-refractivity contribution in [2.75, 3.05) is 31.1 Å². The number of aryl methyl sites for hydroxylation is 1. The number of aliphatic hydroxyl groups is 1. The number of amides is 1. The molecule has 4 heteroatoms. The minimum absolute atomic E-state index is 0.161. The van der Waals surface area contributed by atoms with Gasteiger partial charge in [0.1, 0.15) is 0 Å². The number of carbonyl (C=O) groups is 1. The Morgan fingerprint density at radius 2 is 2.14 bits per heavy atom. The molecule has 1 aliphatic heterocycles. The van der Waals surface area contributed by atoms with Gasteiger partial charge in [-0.1, -0.05) is 18.2 Å². The molecule has 0 spiro atoms. The molecule has 0 unspecified atom stereocenters. The number of nitrogens with zero attached hydrogens (tertiary/aromatic N) is 2. The topological polar surface area (TPSA) is 43.8 Å². The van der Waals surface area contributed by atoms with Crippen molar-refractivity contribution in [1.82, 2.24) is 4.90 Å². The molecule has 1 aromatic carbocycles. The Labute approximate surface area is 127 Å². The molecule has 0 atom stereocenters. The van der Waals surface area contributed by atoms with Gasteiger partial charge >= 0.3 is 0 Å². The molecule has 0 saturated carbocycles. The van der Waals surface area contributed by atoms with Crippen LogP contribution in [0.2, 0.25) is 0 Å². The van der Waals surface area contributed by atoms with Gasteiger partial charge in [-0.15, -0.1) is 0 Å². The predicted octanol–water partition coefficient (Wildman–Crippen LogP) is 2.06. The van der Waals surface area contributed by atoms with Crippen LogP contribution in [0, 0.1) is 0 Å². The van der Waals surface area contributed by atoms with Gasteiger partial charge < -0.3 is 10.0 Å². The minimum atomic E-state index is 0.161. The summed E-state index contributed by atoms with van der Waals surface area (Å²) in [5.41, 5.74) is 2.34. The van der Waals surface area contributed by atoms with Crippen LogP contribution in [0.15, 0.2) is 24.3 Å². The van der Waals surface area contributed by atoms with Crippen molar-refractivity contribution in [3.05, 3.63) is 29.8 Å². The first kappa shape index (κ1) is 16.0. The second kappa shape index (κ2) is 7.57. The van der Waals surface area contributed by atoms with Gasteiger partial charge in [0, 0.05) is 31.4 Å². The molecule has 1 aliphatic rings. The second-order valence-electron chi connectivity index (χ2n) is 5.92. The number of hydrogen-bond donors (Lipinski definition) is 1. The minimum Gasteiger partial charge on any atom is -0.396 e. The lowest BCUT2D eigenvalue weighted by Gasteiger charge is -2.33. The van der Waals surface area contributed by atoms with E-state index in [9.17, 15) is 4.79 Å². The Hall–Kier alpha value is -1.39. The van der Waals surface area contributed by atoms with E-state index in [1.54, 1.807) is 0 Å². The summed E-state index contributed by atoms with van der Waals surface area (Å²) in [6.45, 7) is 6.34. The number of para-hydroxylation sites is 1. The summed E-state index contributed by atoms with van der Waals surface area (Å²) < 4.78 is 0. The van der Waals surface area contributed by atoms with E-state index in [-0.39, 0.29) is 12.5 Å². The fourth-order valence-corrected chi connectivity index (χ4v) is 2.85. The molecule has 0 saturated heterocycles. The third-order valence-electron chi connectivity index (χ3n) is 4.08. The van der Waals surface area contributed by atoms with E-state index >= 15 is 0 Å². The van der Waals surface area contributed by atoms with Crippen LogP contribution in [0.3, 0.4) is 0 Å². The van der Waals surface area contributed by atoms with Crippen LogP contribution in [-0.2, 0) is 11.2 Å². The highest BCUT2D eigenvalue weighted by Gasteiger charge is 2.24. The molecule has 1 heterocycles. The van der Waals surface area contributed by atoms with Crippen LogP contribution in [0.5, 0.6) is 0 Å². The van der Waals surface area contributed by atoms with Crippen molar-refractivity contribution in [2.24, 2.45) is 0 Å². The highest BCUT2D eigenvalue weighted by molar-refractivity contribution is 5.95. The molecule has 4 nitrogen and oxygen atoms in total. The van der Waals surface area contributed by atoms with Gasteiger partial charge in [0.25, 0.3) is 0 Å². The average molecular weight is 290 g/mol. The molecule has 1 amide bonds. The van der Waals surface area contributed by atoms with Crippen LogP contribution in [-0.4, -0.2) is 48.2 Å². The van der Waals surface area contributed by atoms with E-state index in [1.165, 1.54) is 5.56 Å². The Morgan fingerprint density at radius 1 is 1.38 bits per heavy atom. The molecule has 21 heavy (non-hydrogen) atoms. The van der Waals surface area contributed by atoms with Crippen LogP contribution < -0.4 is 4.90 Å². The van der Waals surface area contributed by atoms with Gasteiger partial charge in [0.15, 0.2) is 0 Å². The summed E-state index contributed by atoms with van der Waals surface area (Å²) in [6, 6.07) is 8.49. The summed E-state index contributed by atoms with van der Waals surface area (Å²) in [6.07, 6.45) is 2.79. The Kier molecular flexibility index (Phi) is 5.76. The monoisotopic (exact) mass is 290 g/mol. The fourth-order valence-electron chi connectivity index (χ4n) is 2.85. The van der Waals surface area contributed by atoms with E-state index in [4.69, 9.17) is 5.11 Å². The van der Waals surface area contributed by atoms with Gasteiger partial charge in [-0.3, -0.25) is 9.69 Å². The lowest BCUT2D eigenvalue weighted by atomic mass is 10.0. The maximum atomic E-state index is 12.7. The predicted molar refractivity (Wildman–Crippen MR) is 85.5 cm³/mol. The van der Waals surface area contributed by atoms with Gasteiger partial charge in [-0.05, 0) is 44.7 Å². The van der Waals surface area contributed by atoms with Crippen molar-refractivity contribution < 1.29 is 9.90 Å². The quantitative estimate of drug-likeness (QED) is 0.872. The molecule has 0 bridgehead atoms. The lowest BCUT2D eigenvalue weighted by molar-refractivity contribution is -0.120. The first-order chi connectivity index (χ1) is 10.1. The zero-order chi connectivity index (χ0) is 15.2. The molecule has 2 rings (SSSR count). The lowest BCUT2D eigenvalue weighted by Crippen LogP contribution is -2.45. The van der Waals surface area contributed by atoms with Gasteiger partial charge in [-0.2, -0.15) is 0 Å². The van der Waals surface area contributed by atoms with Crippen molar-refractivity contribution in [3.63, 3.8) is 0 Å².